The van der Waals surface area contributed by atoms with Crippen LogP contribution in [0.25, 0.3) is 0 Å². The SMILES string of the molecule is CCCCCCCC/C=C\CCCCCCC(CC(C)CCCC(C)CC)C(=O)O. The first-order valence-corrected chi connectivity index (χ1v) is 13.4. The Balaban J connectivity index is 3.67. The average molecular weight is 423 g/mol. The number of allylic oxidation sites excluding steroid dienone is 2. The Bertz CT molecular complexity index is 401. The topological polar surface area (TPSA) is 37.3 Å². The van der Waals surface area contributed by atoms with Crippen LogP contribution in [0.1, 0.15) is 143 Å². The van der Waals surface area contributed by atoms with Crippen molar-refractivity contribution in [3.05, 3.63) is 12.2 Å². The van der Waals surface area contributed by atoms with Gasteiger partial charge in [-0.3, -0.25) is 4.79 Å². The van der Waals surface area contributed by atoms with Crippen molar-refractivity contribution in [2.24, 2.45) is 17.8 Å². The van der Waals surface area contributed by atoms with Crippen molar-refractivity contribution in [2.75, 3.05) is 0 Å². The lowest BCUT2D eigenvalue weighted by Crippen LogP contribution is -2.17. The van der Waals surface area contributed by atoms with Crippen LogP contribution >= 0.6 is 0 Å². The molecule has 0 saturated heterocycles. The Morgan fingerprint density at radius 1 is 0.700 bits per heavy atom. The first kappa shape index (κ1) is 29.2. The standard InChI is InChI=1S/C28H54O2/c1-5-7-8-9-10-11-12-13-14-15-16-17-18-19-23-27(28(29)30)24-26(4)22-20-21-25(3)6-2/h13-14,25-27H,5-12,15-24H2,1-4H3,(H,29,30)/b14-13-. The first-order valence-electron chi connectivity index (χ1n) is 13.4. The van der Waals surface area contributed by atoms with Crippen LogP contribution in [0.15, 0.2) is 12.2 Å². The van der Waals surface area contributed by atoms with Crippen molar-refractivity contribution in [1.29, 1.82) is 0 Å². The van der Waals surface area contributed by atoms with Crippen LogP contribution in [0.3, 0.4) is 0 Å². The van der Waals surface area contributed by atoms with E-state index in [0.717, 1.165) is 25.2 Å². The molecule has 0 fully saturated rings. The van der Waals surface area contributed by atoms with Crippen molar-refractivity contribution in [3.63, 3.8) is 0 Å². The molecule has 0 amide bonds. The Morgan fingerprint density at radius 2 is 1.23 bits per heavy atom. The maximum atomic E-state index is 11.6. The minimum absolute atomic E-state index is 0.138. The summed E-state index contributed by atoms with van der Waals surface area (Å²) in [5.74, 6) is 0.618. The largest absolute Gasteiger partial charge is 0.481 e. The maximum absolute atomic E-state index is 11.6. The normalized spacial score (nSPS) is 14.8. The number of aliphatic carboxylic acids is 1. The minimum Gasteiger partial charge on any atom is -0.481 e. The van der Waals surface area contributed by atoms with Crippen molar-refractivity contribution in [1.82, 2.24) is 0 Å². The molecule has 3 unspecified atom stereocenters. The summed E-state index contributed by atoms with van der Waals surface area (Å²) in [4.78, 5) is 11.6. The molecule has 0 aromatic rings. The molecule has 2 heteroatoms. The Hall–Kier alpha value is -0.790. The van der Waals surface area contributed by atoms with Gasteiger partial charge in [0.25, 0.3) is 0 Å². The number of carboxylic acid groups (broad SMARTS) is 1. The van der Waals surface area contributed by atoms with Gasteiger partial charge >= 0.3 is 5.97 Å². The highest BCUT2D eigenvalue weighted by Crippen LogP contribution is 2.24. The van der Waals surface area contributed by atoms with Gasteiger partial charge in [-0.2, -0.15) is 0 Å². The van der Waals surface area contributed by atoms with E-state index in [1.54, 1.807) is 0 Å². The molecule has 30 heavy (non-hydrogen) atoms. The lowest BCUT2D eigenvalue weighted by molar-refractivity contribution is -0.142. The summed E-state index contributed by atoms with van der Waals surface area (Å²) in [6.07, 6.45) is 26.8. The molecule has 0 aliphatic carbocycles. The van der Waals surface area contributed by atoms with E-state index in [1.807, 2.05) is 0 Å². The molecule has 0 saturated carbocycles. The zero-order valence-electron chi connectivity index (χ0n) is 21.0. The zero-order valence-corrected chi connectivity index (χ0v) is 21.0. The molecule has 2 nitrogen and oxygen atoms in total. The number of unbranched alkanes of at least 4 members (excludes halogenated alkanes) is 10. The number of hydrogen-bond acceptors (Lipinski definition) is 1. The minimum atomic E-state index is -0.582. The quantitative estimate of drug-likeness (QED) is 0.139. The molecule has 0 rings (SSSR count). The number of carboxylic acids is 1. The van der Waals surface area contributed by atoms with Gasteiger partial charge in [-0.15, -0.1) is 0 Å². The molecule has 0 heterocycles. The van der Waals surface area contributed by atoms with Gasteiger partial charge in [0, 0.05) is 0 Å². The molecule has 0 spiro atoms. The molecule has 0 radical (unpaired) electrons. The summed E-state index contributed by atoms with van der Waals surface area (Å²) < 4.78 is 0. The second-order valence-electron chi connectivity index (χ2n) is 9.84. The third-order valence-electron chi connectivity index (χ3n) is 6.69. The van der Waals surface area contributed by atoms with Gasteiger partial charge in [0.05, 0.1) is 5.92 Å². The van der Waals surface area contributed by atoms with E-state index in [2.05, 4.69) is 39.8 Å². The molecule has 3 atom stereocenters. The van der Waals surface area contributed by atoms with Crippen molar-refractivity contribution in [2.45, 2.75) is 143 Å². The zero-order chi connectivity index (χ0) is 22.5. The van der Waals surface area contributed by atoms with E-state index in [0.29, 0.717) is 5.92 Å². The summed E-state index contributed by atoms with van der Waals surface area (Å²) in [6, 6.07) is 0. The van der Waals surface area contributed by atoms with Crippen LogP contribution in [0.2, 0.25) is 0 Å². The van der Waals surface area contributed by atoms with Crippen molar-refractivity contribution < 1.29 is 9.90 Å². The van der Waals surface area contributed by atoms with E-state index in [1.165, 1.54) is 96.3 Å². The van der Waals surface area contributed by atoms with E-state index >= 15 is 0 Å². The molecule has 0 aliphatic heterocycles. The van der Waals surface area contributed by atoms with Crippen LogP contribution in [0.4, 0.5) is 0 Å². The second-order valence-corrected chi connectivity index (χ2v) is 9.84. The molecule has 0 aromatic heterocycles. The third-order valence-corrected chi connectivity index (χ3v) is 6.69. The van der Waals surface area contributed by atoms with Gasteiger partial charge in [0.1, 0.15) is 0 Å². The van der Waals surface area contributed by atoms with E-state index < -0.39 is 5.97 Å². The van der Waals surface area contributed by atoms with E-state index in [9.17, 15) is 9.90 Å². The fourth-order valence-corrected chi connectivity index (χ4v) is 4.25. The predicted octanol–water partition coefficient (Wildman–Crippen LogP) is 9.58. The van der Waals surface area contributed by atoms with Crippen molar-refractivity contribution in [3.8, 4) is 0 Å². The van der Waals surface area contributed by atoms with Gasteiger partial charge < -0.3 is 5.11 Å². The highest BCUT2D eigenvalue weighted by atomic mass is 16.4. The molecular weight excluding hydrogens is 368 g/mol. The van der Waals surface area contributed by atoms with Crippen molar-refractivity contribution >= 4 is 5.97 Å². The average Bonchev–Trinajstić information content (AvgIpc) is 2.72. The van der Waals surface area contributed by atoms with Gasteiger partial charge in [-0.25, -0.2) is 0 Å². The molecular formula is C28H54O2. The highest BCUT2D eigenvalue weighted by Gasteiger charge is 2.20. The third kappa shape index (κ3) is 19.2. The Kier molecular flexibility index (Phi) is 20.9. The van der Waals surface area contributed by atoms with Crippen LogP contribution in [-0.2, 0) is 4.79 Å². The summed E-state index contributed by atoms with van der Waals surface area (Å²) >= 11 is 0. The monoisotopic (exact) mass is 422 g/mol. The summed E-state index contributed by atoms with van der Waals surface area (Å²) in [5.41, 5.74) is 0. The van der Waals surface area contributed by atoms with E-state index in [4.69, 9.17) is 0 Å². The molecule has 0 aromatic carbocycles. The smallest absolute Gasteiger partial charge is 0.306 e. The lowest BCUT2D eigenvalue weighted by atomic mass is 9.87. The van der Waals surface area contributed by atoms with Crippen LogP contribution in [-0.4, -0.2) is 11.1 Å². The number of carbonyl (C=O) groups is 1. The molecule has 178 valence electrons. The van der Waals surface area contributed by atoms with Crippen LogP contribution in [0.5, 0.6) is 0 Å². The summed E-state index contributed by atoms with van der Waals surface area (Å²) in [6.45, 7) is 9.08. The molecule has 0 bridgehead atoms. The molecule has 0 aliphatic rings. The van der Waals surface area contributed by atoms with Crippen LogP contribution in [0, 0.1) is 17.8 Å². The predicted molar refractivity (Wildman–Crippen MR) is 133 cm³/mol. The van der Waals surface area contributed by atoms with E-state index in [-0.39, 0.29) is 5.92 Å². The summed E-state index contributed by atoms with van der Waals surface area (Å²) in [7, 11) is 0. The van der Waals surface area contributed by atoms with Gasteiger partial charge in [0.2, 0.25) is 0 Å². The first-order chi connectivity index (χ1) is 14.5. The Morgan fingerprint density at radius 3 is 1.80 bits per heavy atom. The maximum Gasteiger partial charge on any atom is 0.306 e. The fraction of sp³-hybridized carbons (Fsp3) is 0.893. The molecule has 1 N–H and O–H groups in total. The fourth-order valence-electron chi connectivity index (χ4n) is 4.25. The van der Waals surface area contributed by atoms with Gasteiger partial charge in [-0.05, 0) is 50.4 Å². The number of rotatable bonds is 22. The van der Waals surface area contributed by atoms with Gasteiger partial charge in [-0.1, -0.05) is 117 Å². The lowest BCUT2D eigenvalue weighted by Gasteiger charge is -2.18. The Labute approximate surface area is 189 Å². The second kappa shape index (κ2) is 21.4. The number of hydrogen-bond donors (Lipinski definition) is 1. The van der Waals surface area contributed by atoms with Gasteiger partial charge in [0.15, 0.2) is 0 Å². The summed E-state index contributed by atoms with van der Waals surface area (Å²) in [5, 5.41) is 9.57. The highest BCUT2D eigenvalue weighted by molar-refractivity contribution is 5.69. The van der Waals surface area contributed by atoms with Crippen LogP contribution < -0.4 is 0 Å².